The molecule has 1 aliphatic heterocycles. The van der Waals surface area contributed by atoms with E-state index in [0.717, 1.165) is 22.4 Å². The minimum Gasteiger partial charge on any atom is -0.326 e. The molecule has 2 amide bonds. The van der Waals surface area contributed by atoms with Crippen LogP contribution in [0, 0.1) is 0 Å². The van der Waals surface area contributed by atoms with Gasteiger partial charge in [0.2, 0.25) is 5.91 Å². The molecule has 4 rings (SSSR count). The van der Waals surface area contributed by atoms with E-state index >= 15 is 0 Å². The molecule has 0 unspecified atom stereocenters. The van der Waals surface area contributed by atoms with Crippen LogP contribution >= 0.6 is 0 Å². The number of hydrogen-bond acceptors (Lipinski definition) is 5. The second-order valence-corrected chi connectivity index (χ2v) is 8.07. The van der Waals surface area contributed by atoms with Crippen LogP contribution in [0.1, 0.15) is 46.7 Å². The van der Waals surface area contributed by atoms with E-state index in [-0.39, 0.29) is 47.9 Å². The van der Waals surface area contributed by atoms with Crippen molar-refractivity contribution in [3.05, 3.63) is 87.8 Å². The van der Waals surface area contributed by atoms with Gasteiger partial charge in [-0.25, -0.2) is 4.68 Å². The van der Waals surface area contributed by atoms with Gasteiger partial charge in [-0.3, -0.25) is 19.2 Å². The van der Waals surface area contributed by atoms with E-state index in [2.05, 4.69) is 10.4 Å². The summed E-state index contributed by atoms with van der Waals surface area (Å²) < 4.78 is 1.14. The quantitative estimate of drug-likeness (QED) is 0.589. The third-order valence-corrected chi connectivity index (χ3v) is 5.64. The largest absolute Gasteiger partial charge is 0.326 e. The fourth-order valence-corrected chi connectivity index (χ4v) is 3.94. The number of carbonyl (C=O) groups excluding carboxylic acids is 3. The van der Waals surface area contributed by atoms with Crippen LogP contribution in [0.15, 0.2) is 65.5 Å². The van der Waals surface area contributed by atoms with E-state index in [1.807, 2.05) is 31.2 Å². The third kappa shape index (κ3) is 4.74. The average Bonchev–Trinajstić information content (AvgIpc) is 3.14. The van der Waals surface area contributed by atoms with Crippen molar-refractivity contribution in [2.24, 2.45) is 0 Å². The van der Waals surface area contributed by atoms with E-state index < -0.39 is 0 Å². The Hall–Kier alpha value is -4.07. The van der Waals surface area contributed by atoms with Gasteiger partial charge in [0.05, 0.1) is 6.54 Å². The molecule has 0 bridgehead atoms. The van der Waals surface area contributed by atoms with Crippen LogP contribution in [-0.4, -0.2) is 33.4 Å². The van der Waals surface area contributed by atoms with Gasteiger partial charge in [0.15, 0.2) is 5.78 Å². The van der Waals surface area contributed by atoms with Crippen molar-refractivity contribution < 1.29 is 14.4 Å². The zero-order valence-corrected chi connectivity index (χ0v) is 18.4. The topological polar surface area (TPSA) is 101 Å². The number of anilines is 2. The zero-order valence-electron chi connectivity index (χ0n) is 18.4. The molecule has 0 aliphatic carbocycles. The van der Waals surface area contributed by atoms with Gasteiger partial charge in [0.25, 0.3) is 11.5 Å². The van der Waals surface area contributed by atoms with Gasteiger partial charge in [-0.2, -0.15) is 5.10 Å². The molecule has 0 radical (unpaired) electrons. The Balaban J connectivity index is 1.44. The van der Waals surface area contributed by atoms with Crippen molar-refractivity contribution in [1.29, 1.82) is 0 Å². The summed E-state index contributed by atoms with van der Waals surface area (Å²) in [7, 11) is 0. The van der Waals surface area contributed by atoms with Crippen molar-refractivity contribution in [2.45, 2.75) is 39.3 Å². The highest BCUT2D eigenvalue weighted by Crippen LogP contribution is 2.32. The van der Waals surface area contributed by atoms with Crippen molar-refractivity contribution in [1.82, 2.24) is 9.78 Å². The van der Waals surface area contributed by atoms with E-state index in [0.29, 0.717) is 11.3 Å². The monoisotopic (exact) mass is 444 g/mol. The first kappa shape index (κ1) is 22.1. The Morgan fingerprint density at radius 2 is 1.76 bits per heavy atom. The third-order valence-electron chi connectivity index (χ3n) is 5.64. The molecule has 0 saturated carbocycles. The first-order valence-electron chi connectivity index (χ1n) is 10.7. The molecule has 168 valence electrons. The number of amides is 2. The number of aryl methyl sites for hydroxylation is 1. The lowest BCUT2D eigenvalue weighted by Gasteiger charge is -2.22. The lowest BCUT2D eigenvalue weighted by molar-refractivity contribution is -0.116. The fraction of sp³-hybridized carbons (Fsp3) is 0.240. The van der Waals surface area contributed by atoms with E-state index in [9.17, 15) is 19.2 Å². The number of hydrogen-bond donors (Lipinski definition) is 1. The summed E-state index contributed by atoms with van der Waals surface area (Å²) in [6.07, 6.45) is 0.761. The number of nitrogens with one attached hydrogen (secondary N) is 1. The second kappa shape index (κ2) is 9.20. The fourth-order valence-electron chi connectivity index (χ4n) is 3.94. The van der Waals surface area contributed by atoms with Crippen LogP contribution in [0.5, 0.6) is 0 Å². The Morgan fingerprint density at radius 3 is 2.48 bits per heavy atom. The van der Waals surface area contributed by atoms with Crippen LogP contribution in [0.25, 0.3) is 0 Å². The summed E-state index contributed by atoms with van der Waals surface area (Å²) >= 11 is 0. The van der Waals surface area contributed by atoms with Crippen molar-refractivity contribution in [3.8, 4) is 0 Å². The molecule has 8 nitrogen and oxygen atoms in total. The number of nitrogens with zero attached hydrogens (tertiary/aromatic N) is 3. The molecule has 1 aromatic heterocycles. The molecular weight excluding hydrogens is 420 g/mol. The van der Waals surface area contributed by atoms with Crippen molar-refractivity contribution in [3.63, 3.8) is 0 Å². The maximum atomic E-state index is 13.2. The Kier molecular flexibility index (Phi) is 6.17. The number of para-hydroxylation sites is 1. The molecule has 0 spiro atoms. The first-order valence-corrected chi connectivity index (χ1v) is 10.7. The lowest BCUT2D eigenvalue weighted by Crippen LogP contribution is -2.37. The van der Waals surface area contributed by atoms with Gasteiger partial charge in [0, 0.05) is 35.5 Å². The molecule has 33 heavy (non-hydrogen) atoms. The molecular formula is C25H24N4O4. The lowest BCUT2D eigenvalue weighted by atomic mass is 10.1. The standard InChI is InChI=1S/C25H24N4O4/c1-16-15-19-5-3-4-6-22(19)29(16)25(33)21-11-12-24(32)28(27-21)14-13-23(31)26-20-9-7-18(8-10-20)17(2)30/h3-12,16H,13-15H2,1-2H3,(H,26,31)/t16-/m0/s1. The summed E-state index contributed by atoms with van der Waals surface area (Å²) in [5.41, 5.74) is 2.82. The minimum atomic E-state index is -0.389. The smallest absolute Gasteiger partial charge is 0.278 e. The normalized spacial score (nSPS) is 14.6. The minimum absolute atomic E-state index is 0.00195. The molecule has 1 N–H and O–H groups in total. The van der Waals surface area contributed by atoms with Crippen LogP contribution in [0.3, 0.4) is 0 Å². The highest BCUT2D eigenvalue weighted by molar-refractivity contribution is 6.06. The molecule has 3 aromatic rings. The molecule has 2 heterocycles. The van der Waals surface area contributed by atoms with Gasteiger partial charge in [-0.1, -0.05) is 18.2 Å². The number of fused-ring (bicyclic) bond motifs is 1. The van der Waals surface area contributed by atoms with Crippen LogP contribution in [0.4, 0.5) is 11.4 Å². The van der Waals surface area contributed by atoms with Gasteiger partial charge in [0.1, 0.15) is 5.69 Å². The van der Waals surface area contributed by atoms with Gasteiger partial charge in [-0.05, 0) is 62.2 Å². The number of ketones is 1. The maximum Gasteiger partial charge on any atom is 0.278 e. The molecule has 1 aliphatic rings. The summed E-state index contributed by atoms with van der Waals surface area (Å²) in [5, 5.41) is 6.96. The summed E-state index contributed by atoms with van der Waals surface area (Å²) in [6.45, 7) is 3.48. The van der Waals surface area contributed by atoms with Gasteiger partial charge >= 0.3 is 0 Å². The molecule has 2 aromatic carbocycles. The number of benzene rings is 2. The molecule has 0 saturated heterocycles. The second-order valence-electron chi connectivity index (χ2n) is 8.07. The summed E-state index contributed by atoms with van der Waals surface area (Å²) in [4.78, 5) is 50.8. The van der Waals surface area contributed by atoms with Crippen LogP contribution in [0.2, 0.25) is 0 Å². The van der Waals surface area contributed by atoms with E-state index in [4.69, 9.17) is 0 Å². The first-order chi connectivity index (χ1) is 15.8. The van der Waals surface area contributed by atoms with Crippen LogP contribution in [-0.2, 0) is 17.8 Å². The predicted octanol–water partition coefficient (Wildman–Crippen LogP) is 3.07. The molecule has 8 heteroatoms. The highest BCUT2D eigenvalue weighted by Gasteiger charge is 2.32. The Morgan fingerprint density at radius 1 is 1.03 bits per heavy atom. The number of Topliss-reactive ketones (excluding diaryl/α,β-unsaturated/α-hetero) is 1. The molecule has 1 atom stereocenters. The van der Waals surface area contributed by atoms with Gasteiger partial charge < -0.3 is 10.2 Å². The predicted molar refractivity (Wildman–Crippen MR) is 125 cm³/mol. The Labute approximate surface area is 190 Å². The number of carbonyl (C=O) groups is 3. The maximum absolute atomic E-state index is 13.2. The van der Waals surface area contributed by atoms with E-state index in [1.54, 1.807) is 29.2 Å². The zero-order chi connectivity index (χ0) is 23.5. The van der Waals surface area contributed by atoms with Crippen molar-refractivity contribution >= 4 is 29.0 Å². The summed E-state index contributed by atoms with van der Waals surface area (Å²) in [5.74, 6) is -0.645. The highest BCUT2D eigenvalue weighted by atomic mass is 16.2. The summed E-state index contributed by atoms with van der Waals surface area (Å²) in [6, 6.07) is 17.0. The number of rotatable bonds is 6. The Bertz CT molecular complexity index is 1280. The SMILES string of the molecule is CC(=O)c1ccc(NC(=O)CCn2nc(C(=O)N3c4ccccc4C[C@@H]3C)ccc2=O)cc1. The van der Waals surface area contributed by atoms with Crippen molar-refractivity contribution in [2.75, 3.05) is 10.2 Å². The number of aromatic nitrogens is 2. The van der Waals surface area contributed by atoms with Crippen LogP contribution < -0.4 is 15.8 Å². The van der Waals surface area contributed by atoms with Gasteiger partial charge in [-0.15, -0.1) is 0 Å². The average molecular weight is 444 g/mol. The molecule has 0 fully saturated rings. The van der Waals surface area contributed by atoms with E-state index in [1.165, 1.54) is 19.1 Å².